The van der Waals surface area contributed by atoms with E-state index in [-0.39, 0.29) is 11.5 Å². The Hall–Kier alpha value is -1.77. The number of aromatic amines is 1. The van der Waals surface area contributed by atoms with E-state index in [0.29, 0.717) is 0 Å². The fourth-order valence-electron chi connectivity index (χ4n) is 1.93. The van der Waals surface area contributed by atoms with Crippen LogP contribution in [0.5, 0.6) is 0 Å². The number of H-pyrrole nitrogens is 1. The van der Waals surface area contributed by atoms with Crippen LogP contribution in [0.2, 0.25) is 0 Å². The predicted octanol–water partition coefficient (Wildman–Crippen LogP) is 2.50. The van der Waals surface area contributed by atoms with Crippen molar-refractivity contribution in [2.45, 2.75) is 19.8 Å². The summed E-state index contributed by atoms with van der Waals surface area (Å²) in [5.74, 6) is 0.222. The Kier molecular flexibility index (Phi) is 2.69. The second-order valence-electron chi connectivity index (χ2n) is 4.29. The van der Waals surface area contributed by atoms with Crippen LogP contribution in [-0.4, -0.2) is 9.78 Å². The first-order chi connectivity index (χ1) is 7.61. The zero-order chi connectivity index (χ0) is 11.7. The number of nitrogens with one attached hydrogen (secondary N) is 1. The minimum Gasteiger partial charge on any atom is -0.295 e. The summed E-state index contributed by atoms with van der Waals surface area (Å²) >= 11 is 0. The first-order valence-electron chi connectivity index (χ1n) is 5.45. The highest BCUT2D eigenvalue weighted by Gasteiger charge is 2.16. The number of rotatable bonds is 2. The van der Waals surface area contributed by atoms with E-state index in [0.717, 1.165) is 16.8 Å². The fraction of sp³-hybridized carbons (Fsp3) is 0.308. The summed E-state index contributed by atoms with van der Waals surface area (Å²) in [7, 11) is 1.75. The Morgan fingerprint density at radius 1 is 1.19 bits per heavy atom. The molecule has 3 nitrogen and oxygen atoms in total. The van der Waals surface area contributed by atoms with E-state index in [9.17, 15) is 4.79 Å². The largest absolute Gasteiger partial charge is 0.295 e. The Morgan fingerprint density at radius 2 is 1.81 bits per heavy atom. The van der Waals surface area contributed by atoms with Gasteiger partial charge in [-0.15, -0.1) is 0 Å². The number of benzene rings is 1. The molecule has 0 unspecified atom stereocenters. The lowest BCUT2D eigenvalue weighted by atomic mass is 10.00. The van der Waals surface area contributed by atoms with Gasteiger partial charge < -0.3 is 0 Å². The third-order valence-corrected chi connectivity index (χ3v) is 2.72. The predicted molar refractivity (Wildman–Crippen MR) is 65.6 cm³/mol. The number of hydrogen-bond acceptors (Lipinski definition) is 1. The minimum absolute atomic E-state index is 0.0638. The summed E-state index contributed by atoms with van der Waals surface area (Å²) in [6.07, 6.45) is 0. The smallest absolute Gasteiger partial charge is 0.270 e. The van der Waals surface area contributed by atoms with Crippen LogP contribution in [0.3, 0.4) is 0 Å². The number of aromatic nitrogens is 2. The van der Waals surface area contributed by atoms with Crippen molar-refractivity contribution in [1.29, 1.82) is 0 Å². The molecular weight excluding hydrogens is 200 g/mol. The van der Waals surface area contributed by atoms with Gasteiger partial charge in [-0.1, -0.05) is 44.2 Å². The van der Waals surface area contributed by atoms with E-state index in [1.165, 1.54) is 4.68 Å². The molecule has 0 saturated heterocycles. The van der Waals surface area contributed by atoms with Crippen LogP contribution in [0.15, 0.2) is 35.1 Å². The van der Waals surface area contributed by atoms with E-state index in [1.54, 1.807) is 7.05 Å². The molecule has 16 heavy (non-hydrogen) atoms. The monoisotopic (exact) mass is 216 g/mol. The van der Waals surface area contributed by atoms with Crippen LogP contribution in [-0.2, 0) is 7.05 Å². The molecule has 0 saturated carbocycles. The average Bonchev–Trinajstić information content (AvgIpc) is 2.57. The first-order valence-corrected chi connectivity index (χ1v) is 5.45. The van der Waals surface area contributed by atoms with Gasteiger partial charge in [0.05, 0.1) is 5.69 Å². The topological polar surface area (TPSA) is 37.8 Å². The zero-order valence-corrected chi connectivity index (χ0v) is 9.82. The van der Waals surface area contributed by atoms with Gasteiger partial charge in [0.15, 0.2) is 0 Å². The van der Waals surface area contributed by atoms with Gasteiger partial charge in [0, 0.05) is 12.6 Å². The highest BCUT2D eigenvalue weighted by Crippen LogP contribution is 2.24. The van der Waals surface area contributed by atoms with Gasteiger partial charge in [0.1, 0.15) is 0 Å². The molecule has 1 N–H and O–H groups in total. The summed E-state index contributed by atoms with van der Waals surface area (Å²) in [6.45, 7) is 4.08. The third-order valence-electron chi connectivity index (χ3n) is 2.72. The molecule has 0 spiro atoms. The van der Waals surface area contributed by atoms with Gasteiger partial charge in [0.25, 0.3) is 5.56 Å². The molecule has 0 aliphatic heterocycles. The Labute approximate surface area is 94.7 Å². The fourth-order valence-corrected chi connectivity index (χ4v) is 1.93. The summed E-state index contributed by atoms with van der Waals surface area (Å²) in [5.41, 5.74) is 2.91. The molecular formula is C13H16N2O. The van der Waals surface area contributed by atoms with Gasteiger partial charge >= 0.3 is 0 Å². The molecule has 1 aromatic heterocycles. The molecule has 3 heteroatoms. The van der Waals surface area contributed by atoms with Crippen molar-refractivity contribution in [1.82, 2.24) is 9.78 Å². The van der Waals surface area contributed by atoms with Crippen molar-refractivity contribution in [2.75, 3.05) is 0 Å². The van der Waals surface area contributed by atoms with Crippen LogP contribution in [0.4, 0.5) is 0 Å². The lowest BCUT2D eigenvalue weighted by molar-refractivity contribution is 0.734. The van der Waals surface area contributed by atoms with E-state index >= 15 is 0 Å². The van der Waals surface area contributed by atoms with Crippen molar-refractivity contribution in [3.05, 3.63) is 46.2 Å². The number of hydrogen-bond donors (Lipinski definition) is 1. The van der Waals surface area contributed by atoms with E-state index in [2.05, 4.69) is 5.10 Å². The molecule has 2 rings (SSSR count). The highest BCUT2D eigenvalue weighted by molar-refractivity contribution is 5.63. The number of nitrogens with zero attached hydrogens (tertiary/aromatic N) is 1. The Balaban J connectivity index is 2.67. The van der Waals surface area contributed by atoms with E-state index in [1.807, 2.05) is 44.2 Å². The molecule has 0 aliphatic carbocycles. The summed E-state index contributed by atoms with van der Waals surface area (Å²) < 4.78 is 1.54. The van der Waals surface area contributed by atoms with Gasteiger partial charge in [-0.25, -0.2) is 0 Å². The first kappa shape index (κ1) is 10.7. The molecule has 0 radical (unpaired) electrons. The lowest BCUT2D eigenvalue weighted by Gasteiger charge is -2.04. The second-order valence-corrected chi connectivity index (χ2v) is 4.29. The second kappa shape index (κ2) is 4.00. The summed E-state index contributed by atoms with van der Waals surface area (Å²) in [4.78, 5) is 11.9. The maximum Gasteiger partial charge on any atom is 0.270 e. The maximum atomic E-state index is 11.9. The van der Waals surface area contributed by atoms with E-state index in [4.69, 9.17) is 0 Å². The molecule has 0 amide bonds. The maximum absolute atomic E-state index is 11.9. The Bertz CT molecular complexity index is 535. The Morgan fingerprint density at radius 3 is 2.38 bits per heavy atom. The SMILES string of the molecule is CC(C)c1c(-c2ccccc2)[nH]n(C)c1=O. The quantitative estimate of drug-likeness (QED) is 0.823. The van der Waals surface area contributed by atoms with Crippen LogP contribution < -0.4 is 5.56 Å². The average molecular weight is 216 g/mol. The molecule has 2 aromatic rings. The van der Waals surface area contributed by atoms with Crippen molar-refractivity contribution in [3.63, 3.8) is 0 Å². The van der Waals surface area contributed by atoms with Crippen LogP contribution >= 0.6 is 0 Å². The molecule has 0 aliphatic rings. The van der Waals surface area contributed by atoms with Gasteiger partial charge in [-0.3, -0.25) is 14.6 Å². The van der Waals surface area contributed by atoms with Gasteiger partial charge in [0.2, 0.25) is 0 Å². The molecule has 0 atom stereocenters. The van der Waals surface area contributed by atoms with Crippen molar-refractivity contribution in [3.8, 4) is 11.3 Å². The standard InChI is InChI=1S/C13H16N2O/c1-9(2)11-12(14-15(3)13(11)16)10-7-5-4-6-8-10/h4-9,14H,1-3H3. The van der Waals surface area contributed by atoms with Crippen molar-refractivity contribution in [2.24, 2.45) is 7.05 Å². The van der Waals surface area contributed by atoms with Crippen LogP contribution in [0.25, 0.3) is 11.3 Å². The third kappa shape index (κ3) is 1.69. The molecule has 1 aromatic carbocycles. The van der Waals surface area contributed by atoms with Crippen molar-refractivity contribution >= 4 is 0 Å². The van der Waals surface area contributed by atoms with Gasteiger partial charge in [-0.2, -0.15) is 0 Å². The summed E-state index contributed by atoms with van der Waals surface area (Å²) in [5, 5.41) is 3.11. The van der Waals surface area contributed by atoms with Crippen LogP contribution in [0, 0.1) is 0 Å². The zero-order valence-electron chi connectivity index (χ0n) is 9.82. The van der Waals surface area contributed by atoms with E-state index < -0.39 is 0 Å². The molecule has 0 fully saturated rings. The van der Waals surface area contributed by atoms with Crippen LogP contribution in [0.1, 0.15) is 25.3 Å². The minimum atomic E-state index is 0.0638. The van der Waals surface area contributed by atoms with Crippen molar-refractivity contribution < 1.29 is 0 Å². The molecule has 1 heterocycles. The highest BCUT2D eigenvalue weighted by atomic mass is 16.1. The summed E-state index contributed by atoms with van der Waals surface area (Å²) in [6, 6.07) is 9.95. The lowest BCUT2D eigenvalue weighted by Crippen LogP contribution is -2.15. The molecule has 84 valence electrons. The molecule has 0 bridgehead atoms. The normalized spacial score (nSPS) is 11.0. The number of aryl methyl sites for hydroxylation is 1. The van der Waals surface area contributed by atoms with Gasteiger partial charge in [-0.05, 0) is 11.5 Å².